The first-order valence-electron chi connectivity index (χ1n) is 5.65. The Bertz CT molecular complexity index is 670. The van der Waals surface area contributed by atoms with Crippen molar-refractivity contribution in [3.63, 3.8) is 0 Å². The fourth-order valence-corrected chi connectivity index (χ4v) is 3.43. The van der Waals surface area contributed by atoms with E-state index in [1.807, 2.05) is 0 Å². The van der Waals surface area contributed by atoms with Gasteiger partial charge in [0.05, 0.1) is 18.0 Å². The molecule has 3 rings (SSSR count). The number of anilines is 1. The van der Waals surface area contributed by atoms with Gasteiger partial charge in [-0.25, -0.2) is 4.68 Å². The van der Waals surface area contributed by atoms with Crippen molar-refractivity contribution in [1.82, 2.24) is 25.0 Å². The van der Waals surface area contributed by atoms with Crippen LogP contribution >= 0.6 is 11.8 Å². The second-order valence-electron chi connectivity index (χ2n) is 4.27. The summed E-state index contributed by atoms with van der Waals surface area (Å²) in [7, 11) is 0. The quantitative estimate of drug-likeness (QED) is 0.519. The molecule has 0 saturated carbocycles. The molecule has 1 aliphatic rings. The van der Waals surface area contributed by atoms with E-state index in [2.05, 4.69) is 20.3 Å². The van der Waals surface area contributed by atoms with Crippen LogP contribution in [0.1, 0.15) is 11.8 Å². The first-order chi connectivity index (χ1) is 9.10. The fraction of sp³-hybridized carbons (Fsp3) is 0.556. The number of aliphatic hydroxyl groups excluding tert-OH is 2. The highest BCUT2D eigenvalue weighted by Gasteiger charge is 2.36. The summed E-state index contributed by atoms with van der Waals surface area (Å²) in [5, 5.41) is 26.1. The van der Waals surface area contributed by atoms with Crippen LogP contribution in [0.25, 0.3) is 11.2 Å². The first-order valence-corrected chi connectivity index (χ1v) is 6.59. The Kier molecular flexibility index (Phi) is 2.92. The van der Waals surface area contributed by atoms with E-state index in [9.17, 15) is 9.90 Å². The predicted octanol–water partition coefficient (Wildman–Crippen LogP) is -1.55. The second-order valence-corrected chi connectivity index (χ2v) is 5.69. The molecule has 1 fully saturated rings. The van der Waals surface area contributed by atoms with Crippen LogP contribution in [-0.4, -0.2) is 53.1 Å². The number of rotatable bonds is 2. The smallest absolute Gasteiger partial charge is 0.282 e. The summed E-state index contributed by atoms with van der Waals surface area (Å²) >= 11 is 1.37. The second kappa shape index (κ2) is 4.47. The molecule has 0 amide bonds. The number of nitrogens with zero attached hydrogens (tertiary/aromatic N) is 4. The van der Waals surface area contributed by atoms with Crippen LogP contribution in [0.5, 0.6) is 0 Å². The number of hydrogen-bond acceptors (Lipinski definition) is 8. The minimum Gasteiger partial charge on any atom is -0.395 e. The number of aliphatic hydroxyl groups is 2. The van der Waals surface area contributed by atoms with Gasteiger partial charge in [-0.05, 0) is 0 Å². The number of H-pyrrole nitrogens is 1. The molecule has 0 aliphatic carbocycles. The van der Waals surface area contributed by atoms with Gasteiger partial charge in [0, 0.05) is 6.42 Å². The number of aromatic nitrogens is 5. The molecule has 0 radical (unpaired) electrons. The molecule has 9 nitrogen and oxygen atoms in total. The molecule has 3 heterocycles. The van der Waals surface area contributed by atoms with Crippen molar-refractivity contribution in [2.45, 2.75) is 23.1 Å². The van der Waals surface area contributed by atoms with E-state index in [-0.39, 0.29) is 34.3 Å². The Morgan fingerprint density at radius 1 is 1.58 bits per heavy atom. The summed E-state index contributed by atoms with van der Waals surface area (Å²) in [6, 6.07) is 0. The van der Waals surface area contributed by atoms with E-state index in [4.69, 9.17) is 10.8 Å². The molecule has 2 aromatic heterocycles. The molecular formula is C9H12N6O3S. The summed E-state index contributed by atoms with van der Waals surface area (Å²) in [6.45, 7) is -0.120. The van der Waals surface area contributed by atoms with Crippen LogP contribution in [0.3, 0.4) is 0 Å². The average Bonchev–Trinajstić information content (AvgIpc) is 2.92. The highest BCUT2D eigenvalue weighted by atomic mass is 32.2. The summed E-state index contributed by atoms with van der Waals surface area (Å²) in [4.78, 5) is 18.0. The van der Waals surface area contributed by atoms with Crippen molar-refractivity contribution in [3.05, 3.63) is 10.4 Å². The number of nitrogen functional groups attached to an aromatic ring is 1. The zero-order chi connectivity index (χ0) is 13.6. The van der Waals surface area contributed by atoms with Gasteiger partial charge < -0.3 is 15.9 Å². The molecule has 0 spiro atoms. The molecule has 2 aromatic rings. The Morgan fingerprint density at radius 2 is 2.37 bits per heavy atom. The lowest BCUT2D eigenvalue weighted by Gasteiger charge is -2.09. The molecule has 1 aliphatic heterocycles. The van der Waals surface area contributed by atoms with Crippen LogP contribution in [-0.2, 0) is 0 Å². The maximum Gasteiger partial charge on any atom is 0.282 e. The Labute approximate surface area is 110 Å². The van der Waals surface area contributed by atoms with Gasteiger partial charge in [0.1, 0.15) is 5.37 Å². The van der Waals surface area contributed by atoms with Crippen LogP contribution in [0.2, 0.25) is 0 Å². The number of nitrogens with one attached hydrogen (secondary N) is 1. The van der Waals surface area contributed by atoms with Gasteiger partial charge in [-0.1, -0.05) is 5.21 Å². The zero-order valence-corrected chi connectivity index (χ0v) is 10.5. The van der Waals surface area contributed by atoms with E-state index in [0.717, 1.165) is 0 Å². The van der Waals surface area contributed by atoms with Crippen molar-refractivity contribution in [2.75, 3.05) is 12.3 Å². The Hall–Kier alpha value is -1.65. The standard InChI is InChI=1S/C9H12N6O3S/c10-9-11-7-6(8(18)12-9)13-14-15(7)5-1-3(17)4(2-16)19-5/h3-5,16-17H,1-2H2,(H3,10,11,12,18)/t3-,4+,5+/m0/s1. The zero-order valence-electron chi connectivity index (χ0n) is 9.72. The molecule has 102 valence electrons. The van der Waals surface area contributed by atoms with Gasteiger partial charge in [-0.2, -0.15) is 4.98 Å². The lowest BCUT2D eigenvalue weighted by Crippen LogP contribution is -2.20. The van der Waals surface area contributed by atoms with Crippen molar-refractivity contribution < 1.29 is 10.2 Å². The molecule has 19 heavy (non-hydrogen) atoms. The lowest BCUT2D eigenvalue weighted by atomic mass is 10.2. The third-order valence-corrected chi connectivity index (χ3v) is 4.53. The predicted molar refractivity (Wildman–Crippen MR) is 68.5 cm³/mol. The number of fused-ring (bicyclic) bond motifs is 1. The van der Waals surface area contributed by atoms with Gasteiger partial charge in [-0.3, -0.25) is 9.78 Å². The van der Waals surface area contributed by atoms with Crippen molar-refractivity contribution in [3.8, 4) is 0 Å². The monoisotopic (exact) mass is 284 g/mol. The van der Waals surface area contributed by atoms with E-state index in [1.54, 1.807) is 0 Å². The topological polar surface area (TPSA) is 143 Å². The highest BCUT2D eigenvalue weighted by molar-refractivity contribution is 8.00. The number of thioether (sulfide) groups is 1. The summed E-state index contributed by atoms with van der Waals surface area (Å²) in [6.07, 6.45) is -0.221. The normalized spacial score (nSPS) is 27.2. The summed E-state index contributed by atoms with van der Waals surface area (Å²) in [5.74, 6) is -0.0108. The van der Waals surface area contributed by atoms with Crippen LogP contribution in [0.15, 0.2) is 4.79 Å². The fourth-order valence-electron chi connectivity index (χ4n) is 2.08. The third kappa shape index (κ3) is 1.97. The Balaban J connectivity index is 2.05. The van der Waals surface area contributed by atoms with Crippen LogP contribution < -0.4 is 11.3 Å². The number of nitrogens with two attached hydrogens (primary N) is 1. The largest absolute Gasteiger partial charge is 0.395 e. The lowest BCUT2D eigenvalue weighted by molar-refractivity contribution is 0.137. The maximum atomic E-state index is 11.6. The number of aromatic amines is 1. The molecular weight excluding hydrogens is 272 g/mol. The molecule has 3 atom stereocenters. The van der Waals surface area contributed by atoms with E-state index >= 15 is 0 Å². The van der Waals surface area contributed by atoms with Crippen LogP contribution in [0.4, 0.5) is 5.95 Å². The molecule has 10 heteroatoms. The van der Waals surface area contributed by atoms with Gasteiger partial charge in [0.2, 0.25) is 5.95 Å². The van der Waals surface area contributed by atoms with Gasteiger partial charge in [0.25, 0.3) is 5.56 Å². The summed E-state index contributed by atoms with van der Waals surface area (Å²) < 4.78 is 1.46. The minimum atomic E-state index is -0.626. The molecule has 5 N–H and O–H groups in total. The van der Waals surface area contributed by atoms with E-state index < -0.39 is 11.7 Å². The maximum absolute atomic E-state index is 11.6. The van der Waals surface area contributed by atoms with Crippen molar-refractivity contribution in [1.29, 1.82) is 0 Å². The Morgan fingerprint density at radius 3 is 3.05 bits per heavy atom. The number of hydrogen-bond donors (Lipinski definition) is 4. The average molecular weight is 284 g/mol. The van der Waals surface area contributed by atoms with Gasteiger partial charge >= 0.3 is 0 Å². The van der Waals surface area contributed by atoms with Gasteiger partial charge in [0.15, 0.2) is 11.2 Å². The van der Waals surface area contributed by atoms with Crippen molar-refractivity contribution in [2.24, 2.45) is 0 Å². The highest BCUT2D eigenvalue weighted by Crippen LogP contribution is 2.41. The van der Waals surface area contributed by atoms with Crippen LogP contribution in [0, 0.1) is 0 Å². The minimum absolute atomic E-state index is 0.0108. The van der Waals surface area contributed by atoms with Crippen molar-refractivity contribution >= 4 is 28.9 Å². The molecule has 0 bridgehead atoms. The third-order valence-electron chi connectivity index (χ3n) is 3.01. The molecule has 1 saturated heterocycles. The molecule has 0 unspecified atom stereocenters. The molecule has 0 aromatic carbocycles. The first kappa shape index (κ1) is 12.4. The summed E-state index contributed by atoms with van der Waals surface area (Å²) in [5.41, 5.74) is 5.44. The van der Waals surface area contributed by atoms with E-state index in [1.165, 1.54) is 16.4 Å². The van der Waals surface area contributed by atoms with E-state index in [0.29, 0.717) is 6.42 Å². The SMILES string of the molecule is Nc1nc2c(nnn2[C@H]2C[C@H](O)[C@@H](CO)S2)c(=O)[nH]1. The van der Waals surface area contributed by atoms with Gasteiger partial charge in [-0.15, -0.1) is 16.9 Å².